The van der Waals surface area contributed by atoms with Gasteiger partial charge in [-0.05, 0) is 40.5 Å². The average molecular weight is 497 g/mol. The SMILES string of the molecule is O=C(OCC1c2ccccc2-c2ccccc21)N1CCN(c2cc(S)cc(C[B-](F)(F)F)c2)CC1. The molecular formula is C26H25BF3N2O2S-. The largest absolute Gasteiger partial charge is 0.482 e. The highest BCUT2D eigenvalue weighted by Crippen LogP contribution is 2.44. The predicted molar refractivity (Wildman–Crippen MR) is 135 cm³/mol. The van der Waals surface area contributed by atoms with Gasteiger partial charge >= 0.3 is 13.1 Å². The molecular weight excluding hydrogens is 472 g/mol. The Morgan fingerprint density at radius 1 is 0.914 bits per heavy atom. The molecule has 1 heterocycles. The molecule has 35 heavy (non-hydrogen) atoms. The minimum atomic E-state index is -4.92. The first-order valence-corrected chi connectivity index (χ1v) is 12.1. The molecule has 9 heteroatoms. The molecule has 0 bridgehead atoms. The Bertz CT molecular complexity index is 1200. The van der Waals surface area contributed by atoms with Crippen LogP contribution < -0.4 is 4.90 Å². The minimum absolute atomic E-state index is 0.000539. The van der Waals surface area contributed by atoms with Crippen LogP contribution in [0.3, 0.4) is 0 Å². The number of benzene rings is 3. The zero-order valence-electron chi connectivity index (χ0n) is 19.0. The maximum absolute atomic E-state index is 12.9. The number of halogens is 3. The number of fused-ring (bicyclic) bond motifs is 3. The molecule has 4 nitrogen and oxygen atoms in total. The van der Waals surface area contributed by atoms with Crippen molar-refractivity contribution in [2.24, 2.45) is 0 Å². The number of thiol groups is 1. The van der Waals surface area contributed by atoms with E-state index in [1.807, 2.05) is 29.2 Å². The quantitative estimate of drug-likeness (QED) is 0.348. The van der Waals surface area contributed by atoms with Crippen LogP contribution in [0.2, 0.25) is 0 Å². The molecule has 1 saturated heterocycles. The van der Waals surface area contributed by atoms with Gasteiger partial charge in [-0.1, -0.05) is 60.4 Å². The van der Waals surface area contributed by atoms with Crippen LogP contribution in [0.25, 0.3) is 11.1 Å². The van der Waals surface area contributed by atoms with E-state index < -0.39 is 13.3 Å². The predicted octanol–water partition coefficient (Wildman–Crippen LogP) is 5.98. The Balaban J connectivity index is 1.20. The number of nitrogens with zero attached hydrogens (tertiary/aromatic N) is 2. The Morgan fingerprint density at radius 2 is 1.51 bits per heavy atom. The normalized spacial score (nSPS) is 15.7. The van der Waals surface area contributed by atoms with Crippen LogP contribution in [0.4, 0.5) is 23.4 Å². The number of hydrogen-bond donors (Lipinski definition) is 1. The summed E-state index contributed by atoms with van der Waals surface area (Å²) in [6.07, 6.45) is -1.30. The molecule has 182 valence electrons. The fraction of sp³-hybridized carbons (Fsp3) is 0.269. The molecule has 1 aliphatic heterocycles. The van der Waals surface area contributed by atoms with Gasteiger partial charge < -0.3 is 27.5 Å². The van der Waals surface area contributed by atoms with E-state index in [0.717, 1.165) is 11.1 Å². The van der Waals surface area contributed by atoms with Crippen LogP contribution in [-0.2, 0) is 11.1 Å². The standard InChI is InChI=1S/C26H25BF3N2O2S/c28-27(29,30)16-18-13-19(15-20(35)14-18)31-9-11-32(12-10-31)26(33)34-17-25-23-7-3-1-5-21(23)22-6-2-4-8-24(22)25/h1-8,13-15,25,35H,9-12,16-17H2/q-1. The van der Waals surface area contributed by atoms with E-state index in [2.05, 4.69) is 36.9 Å². The van der Waals surface area contributed by atoms with E-state index in [-0.39, 0.29) is 24.2 Å². The zero-order chi connectivity index (χ0) is 24.6. The fourth-order valence-electron chi connectivity index (χ4n) is 5.06. The van der Waals surface area contributed by atoms with Crippen molar-refractivity contribution in [2.75, 3.05) is 37.7 Å². The van der Waals surface area contributed by atoms with Crippen LogP contribution in [-0.4, -0.2) is 50.8 Å². The fourth-order valence-corrected chi connectivity index (χ4v) is 5.35. The third-order valence-corrected chi connectivity index (χ3v) is 6.93. The number of carbonyl (C=O) groups is 1. The molecule has 2 aliphatic rings. The van der Waals surface area contributed by atoms with Crippen LogP contribution >= 0.6 is 12.6 Å². The summed E-state index contributed by atoms with van der Waals surface area (Å²) in [7, 11) is 0. The lowest BCUT2D eigenvalue weighted by Gasteiger charge is -2.36. The smallest absolute Gasteiger partial charge is 0.449 e. The van der Waals surface area contributed by atoms with E-state index in [9.17, 15) is 17.7 Å². The van der Waals surface area contributed by atoms with Gasteiger partial charge in [0, 0.05) is 42.7 Å². The summed E-state index contributed by atoms with van der Waals surface area (Å²) in [5.74, 6) is -0.000539. The minimum Gasteiger partial charge on any atom is -0.449 e. The Labute approximate surface area is 208 Å². The van der Waals surface area contributed by atoms with E-state index in [4.69, 9.17) is 4.74 Å². The first-order valence-electron chi connectivity index (χ1n) is 11.7. The number of ether oxygens (including phenoxy) is 1. The first-order chi connectivity index (χ1) is 16.8. The molecule has 0 atom stereocenters. The van der Waals surface area contributed by atoms with Gasteiger partial charge in [-0.3, -0.25) is 0 Å². The maximum Gasteiger partial charge on any atom is 0.482 e. The molecule has 1 fully saturated rings. The van der Waals surface area contributed by atoms with Gasteiger partial charge in [0.2, 0.25) is 0 Å². The molecule has 0 radical (unpaired) electrons. The second kappa shape index (κ2) is 9.53. The second-order valence-electron chi connectivity index (χ2n) is 9.05. The molecule has 0 aromatic heterocycles. The van der Waals surface area contributed by atoms with Crippen molar-refractivity contribution in [3.8, 4) is 11.1 Å². The van der Waals surface area contributed by atoms with E-state index in [1.165, 1.54) is 17.2 Å². The molecule has 3 aromatic rings. The third kappa shape index (κ3) is 5.15. The third-order valence-electron chi connectivity index (χ3n) is 6.67. The molecule has 0 saturated carbocycles. The molecule has 5 rings (SSSR count). The number of amides is 1. The summed E-state index contributed by atoms with van der Waals surface area (Å²) < 4.78 is 44.5. The van der Waals surface area contributed by atoms with Gasteiger partial charge in [0.15, 0.2) is 0 Å². The van der Waals surface area contributed by atoms with Crippen molar-refractivity contribution in [1.82, 2.24) is 4.90 Å². The van der Waals surface area contributed by atoms with Crippen molar-refractivity contribution in [2.45, 2.75) is 17.1 Å². The number of hydrogen-bond acceptors (Lipinski definition) is 4. The molecule has 1 amide bonds. The summed E-state index contributed by atoms with van der Waals surface area (Å²) in [6.45, 7) is -2.76. The molecule has 0 N–H and O–H groups in total. The summed E-state index contributed by atoms with van der Waals surface area (Å²) in [5, 5.41) is 0. The number of piperazine rings is 1. The Morgan fingerprint density at radius 3 is 2.11 bits per heavy atom. The second-order valence-corrected chi connectivity index (χ2v) is 9.57. The lowest BCUT2D eigenvalue weighted by molar-refractivity contribution is 0.0977. The molecule has 0 unspecified atom stereocenters. The number of anilines is 1. The van der Waals surface area contributed by atoms with Gasteiger partial charge in [0.25, 0.3) is 0 Å². The van der Waals surface area contributed by atoms with Crippen LogP contribution in [0.5, 0.6) is 0 Å². The van der Waals surface area contributed by atoms with Crippen molar-refractivity contribution >= 4 is 31.4 Å². The van der Waals surface area contributed by atoms with Crippen LogP contribution in [0.15, 0.2) is 71.6 Å². The van der Waals surface area contributed by atoms with Gasteiger partial charge in [-0.2, -0.15) is 0 Å². The van der Waals surface area contributed by atoms with Gasteiger partial charge in [-0.25, -0.2) is 4.79 Å². The van der Waals surface area contributed by atoms with Gasteiger partial charge in [-0.15, -0.1) is 12.6 Å². The van der Waals surface area contributed by atoms with Gasteiger partial charge in [0.1, 0.15) is 6.61 Å². The zero-order valence-corrected chi connectivity index (χ0v) is 19.9. The van der Waals surface area contributed by atoms with E-state index in [1.54, 1.807) is 17.0 Å². The summed E-state index contributed by atoms with van der Waals surface area (Å²) in [6, 6.07) is 21.2. The van der Waals surface area contributed by atoms with Crippen LogP contribution in [0, 0.1) is 0 Å². The molecule has 1 aliphatic carbocycles. The lowest BCUT2D eigenvalue weighted by atomic mass is 9.82. The maximum atomic E-state index is 12.9. The molecule has 3 aromatic carbocycles. The van der Waals surface area contributed by atoms with Crippen molar-refractivity contribution in [1.29, 1.82) is 0 Å². The van der Waals surface area contributed by atoms with Crippen molar-refractivity contribution < 1.29 is 22.5 Å². The molecule has 0 spiro atoms. The highest BCUT2D eigenvalue weighted by atomic mass is 32.1. The topological polar surface area (TPSA) is 32.8 Å². The lowest BCUT2D eigenvalue weighted by Crippen LogP contribution is -2.49. The average Bonchev–Trinajstić information content (AvgIpc) is 3.15. The summed E-state index contributed by atoms with van der Waals surface area (Å²) >= 11 is 4.28. The highest BCUT2D eigenvalue weighted by molar-refractivity contribution is 7.80. The first kappa shape index (κ1) is 23.7. The van der Waals surface area contributed by atoms with E-state index >= 15 is 0 Å². The summed E-state index contributed by atoms with van der Waals surface area (Å²) in [4.78, 5) is 17.0. The van der Waals surface area contributed by atoms with Crippen molar-refractivity contribution in [3.63, 3.8) is 0 Å². The summed E-state index contributed by atoms with van der Waals surface area (Å²) in [5.41, 5.74) is 5.58. The number of carbonyl (C=O) groups excluding carboxylic acids is 1. The Kier molecular flexibility index (Phi) is 6.44. The number of rotatable bonds is 5. The van der Waals surface area contributed by atoms with Gasteiger partial charge in [0.05, 0.1) is 0 Å². The monoisotopic (exact) mass is 497 g/mol. The van der Waals surface area contributed by atoms with E-state index in [0.29, 0.717) is 36.8 Å². The Hall–Kier alpha value is -3.07. The highest BCUT2D eigenvalue weighted by Gasteiger charge is 2.30. The van der Waals surface area contributed by atoms with Crippen LogP contribution in [0.1, 0.15) is 22.6 Å². The van der Waals surface area contributed by atoms with Crippen molar-refractivity contribution in [3.05, 3.63) is 83.4 Å².